The fourth-order valence-electron chi connectivity index (χ4n) is 1.85. The second kappa shape index (κ2) is 8.38. The fourth-order valence-corrected chi connectivity index (χ4v) is 1.85. The van der Waals surface area contributed by atoms with Gasteiger partial charge in [-0.1, -0.05) is 26.0 Å². The van der Waals surface area contributed by atoms with Gasteiger partial charge in [-0.05, 0) is 32.1 Å². The maximum absolute atomic E-state index is 12.3. The number of aliphatic carboxylic acids is 1. The molecule has 0 radical (unpaired) electrons. The summed E-state index contributed by atoms with van der Waals surface area (Å²) in [5.74, 6) is -1.24. The van der Waals surface area contributed by atoms with Gasteiger partial charge in [0.2, 0.25) is 0 Å². The minimum atomic E-state index is -1.05. The van der Waals surface area contributed by atoms with E-state index in [1.165, 1.54) is 0 Å². The molecule has 1 aromatic carbocycles. The Hall–Kier alpha value is -2.08. The van der Waals surface area contributed by atoms with Gasteiger partial charge in [0.05, 0.1) is 5.56 Å². The lowest BCUT2D eigenvalue weighted by atomic mass is 10.0. The Morgan fingerprint density at radius 3 is 2.45 bits per heavy atom. The zero-order chi connectivity index (χ0) is 16.7. The van der Waals surface area contributed by atoms with Crippen LogP contribution in [0.1, 0.15) is 24.2 Å². The van der Waals surface area contributed by atoms with Gasteiger partial charge in [0.1, 0.15) is 18.4 Å². The second-order valence-corrected chi connectivity index (χ2v) is 5.68. The third-order valence-electron chi connectivity index (χ3n) is 3.15. The van der Waals surface area contributed by atoms with Gasteiger partial charge in [-0.25, -0.2) is 4.79 Å². The summed E-state index contributed by atoms with van der Waals surface area (Å²) in [6.07, 6.45) is 0. The van der Waals surface area contributed by atoms with Crippen molar-refractivity contribution in [1.82, 2.24) is 10.2 Å². The first-order valence-electron chi connectivity index (χ1n) is 7.23. The van der Waals surface area contributed by atoms with Crippen molar-refractivity contribution in [2.45, 2.75) is 19.9 Å². The number of carbonyl (C=O) groups is 2. The zero-order valence-corrected chi connectivity index (χ0v) is 13.5. The van der Waals surface area contributed by atoms with Crippen LogP contribution in [0.3, 0.4) is 0 Å². The lowest BCUT2D eigenvalue weighted by molar-refractivity contribution is -0.140. The largest absolute Gasteiger partial charge is 0.491 e. The predicted molar refractivity (Wildman–Crippen MR) is 84.2 cm³/mol. The van der Waals surface area contributed by atoms with Gasteiger partial charge in [-0.15, -0.1) is 0 Å². The number of hydrogen-bond donors (Lipinski definition) is 2. The van der Waals surface area contributed by atoms with E-state index in [1.807, 2.05) is 19.0 Å². The van der Waals surface area contributed by atoms with Crippen LogP contribution >= 0.6 is 0 Å². The number of likely N-dealkylation sites (N-methyl/N-ethyl adjacent to an activating group) is 1. The molecule has 0 aliphatic carbocycles. The number of carbonyl (C=O) groups excluding carboxylic acids is 1. The Morgan fingerprint density at radius 1 is 1.27 bits per heavy atom. The summed E-state index contributed by atoms with van der Waals surface area (Å²) in [4.78, 5) is 25.5. The smallest absolute Gasteiger partial charge is 0.326 e. The Bertz CT molecular complexity index is 515. The minimum Gasteiger partial charge on any atom is -0.491 e. The monoisotopic (exact) mass is 308 g/mol. The SMILES string of the molecule is CC(C)C(NC(=O)c1ccccc1OCCN(C)C)C(=O)O. The molecule has 0 aliphatic heterocycles. The van der Waals surface area contributed by atoms with Crippen LogP contribution in [0.2, 0.25) is 0 Å². The molecular weight excluding hydrogens is 284 g/mol. The molecule has 0 aliphatic rings. The lowest BCUT2D eigenvalue weighted by Gasteiger charge is -2.19. The molecule has 0 bridgehead atoms. The third kappa shape index (κ3) is 5.37. The number of carboxylic acids is 1. The highest BCUT2D eigenvalue weighted by atomic mass is 16.5. The highest BCUT2D eigenvalue weighted by Crippen LogP contribution is 2.18. The molecule has 2 N–H and O–H groups in total. The summed E-state index contributed by atoms with van der Waals surface area (Å²) < 4.78 is 5.62. The van der Waals surface area contributed by atoms with Crippen LogP contribution in [0.5, 0.6) is 5.75 Å². The van der Waals surface area contributed by atoms with Crippen LogP contribution in [-0.2, 0) is 4.79 Å². The number of nitrogens with one attached hydrogen (secondary N) is 1. The molecule has 22 heavy (non-hydrogen) atoms. The van der Waals surface area contributed by atoms with Crippen molar-refractivity contribution in [1.29, 1.82) is 0 Å². The zero-order valence-electron chi connectivity index (χ0n) is 13.5. The Balaban J connectivity index is 2.82. The van der Waals surface area contributed by atoms with Gasteiger partial charge in [-0.2, -0.15) is 0 Å². The summed E-state index contributed by atoms with van der Waals surface area (Å²) >= 11 is 0. The van der Waals surface area contributed by atoms with E-state index in [9.17, 15) is 9.59 Å². The van der Waals surface area contributed by atoms with Crippen molar-refractivity contribution in [2.24, 2.45) is 5.92 Å². The quantitative estimate of drug-likeness (QED) is 0.760. The normalized spacial score (nSPS) is 12.3. The molecule has 0 aromatic heterocycles. The van der Waals surface area contributed by atoms with E-state index in [2.05, 4.69) is 5.32 Å². The maximum atomic E-state index is 12.3. The summed E-state index contributed by atoms with van der Waals surface area (Å²) in [6, 6.07) is 5.90. The number of hydrogen-bond acceptors (Lipinski definition) is 4. The number of carboxylic acid groups (broad SMARTS) is 1. The molecule has 1 unspecified atom stereocenters. The molecule has 0 saturated heterocycles. The molecule has 1 atom stereocenters. The van der Waals surface area contributed by atoms with Crippen molar-refractivity contribution in [2.75, 3.05) is 27.2 Å². The molecule has 0 spiro atoms. The van der Waals surface area contributed by atoms with Crippen LogP contribution in [0.15, 0.2) is 24.3 Å². The Morgan fingerprint density at radius 2 is 1.91 bits per heavy atom. The highest BCUT2D eigenvalue weighted by molar-refractivity contribution is 5.98. The standard InChI is InChI=1S/C16H24N2O4/c1-11(2)14(16(20)21)17-15(19)12-7-5-6-8-13(12)22-10-9-18(3)4/h5-8,11,14H,9-10H2,1-4H3,(H,17,19)(H,20,21). The minimum absolute atomic E-state index is 0.205. The summed E-state index contributed by atoms with van der Waals surface area (Å²) in [5.41, 5.74) is 0.341. The molecule has 0 heterocycles. The highest BCUT2D eigenvalue weighted by Gasteiger charge is 2.25. The number of benzene rings is 1. The predicted octanol–water partition coefficient (Wildman–Crippen LogP) is 1.47. The van der Waals surface area contributed by atoms with E-state index in [0.29, 0.717) is 17.9 Å². The summed E-state index contributed by atoms with van der Waals surface area (Å²) in [7, 11) is 3.87. The number of ether oxygens (including phenoxy) is 1. The molecule has 0 saturated carbocycles. The van der Waals surface area contributed by atoms with Gasteiger partial charge in [0.25, 0.3) is 5.91 Å². The second-order valence-electron chi connectivity index (χ2n) is 5.68. The van der Waals surface area contributed by atoms with E-state index in [-0.39, 0.29) is 5.92 Å². The van der Waals surface area contributed by atoms with Crippen LogP contribution in [0, 0.1) is 5.92 Å². The van der Waals surface area contributed by atoms with Crippen LogP contribution in [0.25, 0.3) is 0 Å². The first kappa shape index (κ1) is 18.0. The first-order chi connectivity index (χ1) is 10.3. The van der Waals surface area contributed by atoms with Gasteiger partial charge in [0.15, 0.2) is 0 Å². The van der Waals surface area contributed by atoms with Crippen molar-refractivity contribution >= 4 is 11.9 Å². The molecule has 1 rings (SSSR count). The van der Waals surface area contributed by atoms with Gasteiger partial charge < -0.3 is 20.1 Å². The van der Waals surface area contributed by atoms with Crippen LogP contribution in [-0.4, -0.2) is 55.2 Å². The number of amides is 1. The van der Waals surface area contributed by atoms with Gasteiger partial charge in [-0.3, -0.25) is 4.79 Å². The van der Waals surface area contributed by atoms with Crippen molar-refractivity contribution < 1.29 is 19.4 Å². The Labute approximate surface area is 131 Å². The van der Waals surface area contributed by atoms with Gasteiger partial charge >= 0.3 is 5.97 Å². The number of nitrogens with zero attached hydrogens (tertiary/aromatic N) is 1. The maximum Gasteiger partial charge on any atom is 0.326 e. The Kier molecular flexibility index (Phi) is 6.85. The summed E-state index contributed by atoms with van der Waals surface area (Å²) in [6.45, 7) is 4.67. The van der Waals surface area contributed by atoms with E-state index < -0.39 is 17.9 Å². The molecule has 6 nitrogen and oxygen atoms in total. The number of para-hydroxylation sites is 1. The topological polar surface area (TPSA) is 78.9 Å². The molecule has 0 fully saturated rings. The van der Waals surface area contributed by atoms with E-state index in [0.717, 1.165) is 6.54 Å². The van der Waals surface area contributed by atoms with E-state index >= 15 is 0 Å². The van der Waals surface area contributed by atoms with E-state index in [4.69, 9.17) is 9.84 Å². The average Bonchev–Trinajstić information content (AvgIpc) is 2.44. The fraction of sp³-hybridized carbons (Fsp3) is 0.500. The average molecular weight is 308 g/mol. The molecular formula is C16H24N2O4. The lowest BCUT2D eigenvalue weighted by Crippen LogP contribution is -2.44. The van der Waals surface area contributed by atoms with Crippen LogP contribution in [0.4, 0.5) is 0 Å². The van der Waals surface area contributed by atoms with Crippen LogP contribution < -0.4 is 10.1 Å². The number of rotatable bonds is 8. The van der Waals surface area contributed by atoms with E-state index in [1.54, 1.807) is 38.1 Å². The van der Waals surface area contributed by atoms with Crippen molar-refractivity contribution in [3.8, 4) is 5.75 Å². The van der Waals surface area contributed by atoms with Gasteiger partial charge in [0, 0.05) is 6.54 Å². The van der Waals surface area contributed by atoms with Crippen molar-refractivity contribution in [3.05, 3.63) is 29.8 Å². The summed E-state index contributed by atoms with van der Waals surface area (Å²) in [5, 5.41) is 11.7. The van der Waals surface area contributed by atoms with Crippen molar-refractivity contribution in [3.63, 3.8) is 0 Å². The first-order valence-corrected chi connectivity index (χ1v) is 7.23. The molecule has 1 aromatic rings. The molecule has 6 heteroatoms. The molecule has 1 amide bonds. The molecule has 122 valence electrons. The third-order valence-corrected chi connectivity index (χ3v) is 3.15.